The topological polar surface area (TPSA) is 72.5 Å². The van der Waals surface area contributed by atoms with Crippen LogP contribution in [0.4, 0.5) is 18.9 Å². The molecule has 0 amide bonds. The van der Waals surface area contributed by atoms with Crippen LogP contribution < -0.4 is 15.8 Å². The van der Waals surface area contributed by atoms with Gasteiger partial charge in [0.25, 0.3) is 0 Å². The minimum atomic E-state index is -4.78. The van der Waals surface area contributed by atoms with E-state index in [2.05, 4.69) is 20.0 Å². The normalized spacial score (nSPS) is 12.0. The van der Waals surface area contributed by atoms with Crippen LogP contribution >= 0.6 is 0 Å². The molecule has 0 saturated heterocycles. The number of guanidine groups is 1. The number of alkyl halides is 3. The number of benzene rings is 1. The summed E-state index contributed by atoms with van der Waals surface area (Å²) >= 11 is 0. The van der Waals surface area contributed by atoms with Crippen LogP contribution in [0.2, 0.25) is 0 Å². The van der Waals surface area contributed by atoms with Crippen LogP contribution in [-0.4, -0.2) is 23.9 Å². The molecule has 0 spiro atoms. The minimum absolute atomic E-state index is 0.000782. The summed E-state index contributed by atoms with van der Waals surface area (Å²) in [4.78, 5) is 8.20. The molecule has 2 aromatic rings. The lowest BCUT2D eigenvalue weighted by molar-refractivity contribution is -0.274. The fraction of sp³-hybridized carbons (Fsp3) is 0.200. The number of hydrogen-bond donors (Lipinski definition) is 2. The number of ether oxygens (including phenoxy) is 1. The van der Waals surface area contributed by atoms with Crippen LogP contribution in [0.5, 0.6) is 5.75 Å². The molecular formula is C15H15F3N4O. The molecule has 1 aromatic heterocycles. The number of anilines is 1. The zero-order chi connectivity index (χ0) is 16.7. The van der Waals surface area contributed by atoms with Gasteiger partial charge in [-0.2, -0.15) is 0 Å². The van der Waals surface area contributed by atoms with E-state index in [0.29, 0.717) is 13.0 Å². The third kappa shape index (κ3) is 5.85. The van der Waals surface area contributed by atoms with E-state index in [0.717, 1.165) is 5.69 Å². The van der Waals surface area contributed by atoms with Crippen molar-refractivity contribution in [3.8, 4) is 5.75 Å². The Hall–Kier alpha value is -2.77. The largest absolute Gasteiger partial charge is 0.573 e. The summed E-state index contributed by atoms with van der Waals surface area (Å²) in [6.45, 7) is 0.359. The molecule has 0 bridgehead atoms. The van der Waals surface area contributed by atoms with E-state index in [-0.39, 0.29) is 17.4 Å². The average Bonchev–Trinajstić information content (AvgIpc) is 2.49. The van der Waals surface area contributed by atoms with Gasteiger partial charge in [-0.05, 0) is 24.3 Å². The molecule has 0 aliphatic heterocycles. The number of aliphatic imine (C=N–C) groups is 1. The Labute approximate surface area is 131 Å². The van der Waals surface area contributed by atoms with Crippen molar-refractivity contribution in [1.29, 1.82) is 0 Å². The van der Waals surface area contributed by atoms with E-state index in [1.54, 1.807) is 18.3 Å². The number of halogens is 3. The Morgan fingerprint density at radius 3 is 2.61 bits per heavy atom. The van der Waals surface area contributed by atoms with Crippen LogP contribution in [0, 0.1) is 0 Å². The van der Waals surface area contributed by atoms with Gasteiger partial charge in [0.05, 0.1) is 5.69 Å². The molecule has 5 nitrogen and oxygen atoms in total. The second-order valence-electron chi connectivity index (χ2n) is 4.51. The maximum Gasteiger partial charge on any atom is 0.573 e. The molecule has 8 heteroatoms. The predicted octanol–water partition coefficient (Wildman–Crippen LogP) is 2.95. The molecule has 0 fully saturated rings. The maximum absolute atomic E-state index is 12.3. The number of nitrogens with zero attached hydrogens (tertiary/aromatic N) is 2. The Morgan fingerprint density at radius 2 is 1.91 bits per heavy atom. The zero-order valence-electron chi connectivity index (χ0n) is 12.0. The first kappa shape index (κ1) is 16.6. The number of hydrogen-bond acceptors (Lipinski definition) is 3. The van der Waals surface area contributed by atoms with Crippen molar-refractivity contribution in [2.75, 3.05) is 11.9 Å². The van der Waals surface area contributed by atoms with Gasteiger partial charge in [0.15, 0.2) is 11.7 Å². The van der Waals surface area contributed by atoms with Gasteiger partial charge in [-0.25, -0.2) is 0 Å². The summed E-state index contributed by atoms with van der Waals surface area (Å²) < 4.78 is 40.9. The van der Waals surface area contributed by atoms with Crippen LogP contribution in [0.25, 0.3) is 0 Å². The van der Waals surface area contributed by atoms with E-state index >= 15 is 0 Å². The highest BCUT2D eigenvalue weighted by molar-refractivity contribution is 5.93. The van der Waals surface area contributed by atoms with Gasteiger partial charge < -0.3 is 15.8 Å². The van der Waals surface area contributed by atoms with Gasteiger partial charge in [0, 0.05) is 24.9 Å². The first-order chi connectivity index (χ1) is 10.9. The van der Waals surface area contributed by atoms with Gasteiger partial charge in [-0.15, -0.1) is 13.2 Å². The molecule has 0 aliphatic carbocycles. The van der Waals surface area contributed by atoms with Crippen LogP contribution in [0.1, 0.15) is 5.69 Å². The number of pyridine rings is 1. The predicted molar refractivity (Wildman–Crippen MR) is 81.2 cm³/mol. The number of para-hydroxylation sites is 2. The molecule has 23 heavy (non-hydrogen) atoms. The van der Waals surface area contributed by atoms with Crippen molar-refractivity contribution in [2.45, 2.75) is 12.8 Å². The fourth-order valence-corrected chi connectivity index (χ4v) is 1.80. The minimum Gasteiger partial charge on any atom is -0.404 e. The SMILES string of the molecule is NC(=NCCc1ccccn1)Nc1ccccc1OC(F)(F)F. The van der Waals surface area contributed by atoms with Crippen molar-refractivity contribution < 1.29 is 17.9 Å². The lowest BCUT2D eigenvalue weighted by Crippen LogP contribution is -2.24. The fourth-order valence-electron chi connectivity index (χ4n) is 1.80. The Kier molecular flexibility index (Phi) is 5.40. The summed E-state index contributed by atoms with van der Waals surface area (Å²) in [6.07, 6.45) is -2.53. The van der Waals surface area contributed by atoms with E-state index < -0.39 is 6.36 Å². The highest BCUT2D eigenvalue weighted by atomic mass is 19.4. The quantitative estimate of drug-likeness (QED) is 0.655. The van der Waals surface area contributed by atoms with E-state index in [4.69, 9.17) is 5.73 Å². The highest BCUT2D eigenvalue weighted by Gasteiger charge is 2.32. The standard InChI is InChI=1S/C15H15F3N4O/c16-15(17,18)23-13-7-2-1-6-12(13)22-14(19)21-10-8-11-5-3-4-9-20-11/h1-7,9H,8,10H2,(H3,19,21,22). The molecule has 1 aromatic carbocycles. The van der Waals surface area contributed by atoms with E-state index in [1.165, 1.54) is 18.2 Å². The van der Waals surface area contributed by atoms with E-state index in [1.807, 2.05) is 12.1 Å². The number of rotatable bonds is 5. The van der Waals surface area contributed by atoms with E-state index in [9.17, 15) is 13.2 Å². The first-order valence-electron chi connectivity index (χ1n) is 6.76. The molecule has 0 aliphatic rings. The van der Waals surface area contributed by atoms with Crippen LogP contribution in [0.3, 0.4) is 0 Å². The summed E-state index contributed by atoms with van der Waals surface area (Å²) in [5.41, 5.74) is 6.62. The smallest absolute Gasteiger partial charge is 0.404 e. The summed E-state index contributed by atoms with van der Waals surface area (Å²) in [6, 6.07) is 11.1. The monoisotopic (exact) mass is 324 g/mol. The second kappa shape index (κ2) is 7.48. The highest BCUT2D eigenvalue weighted by Crippen LogP contribution is 2.29. The third-order valence-electron chi connectivity index (χ3n) is 2.75. The Bertz CT molecular complexity index is 659. The van der Waals surface area contributed by atoms with Crippen LogP contribution in [0.15, 0.2) is 53.7 Å². The molecule has 2 rings (SSSR count). The van der Waals surface area contributed by atoms with Gasteiger partial charge >= 0.3 is 6.36 Å². The average molecular weight is 324 g/mol. The third-order valence-corrected chi connectivity index (χ3v) is 2.75. The van der Waals surface area contributed by atoms with Gasteiger partial charge in [0.2, 0.25) is 0 Å². The second-order valence-corrected chi connectivity index (χ2v) is 4.51. The van der Waals surface area contributed by atoms with Crippen molar-refractivity contribution in [2.24, 2.45) is 10.7 Å². The maximum atomic E-state index is 12.3. The first-order valence-corrected chi connectivity index (χ1v) is 6.76. The molecule has 0 atom stereocenters. The van der Waals surface area contributed by atoms with Gasteiger partial charge in [0.1, 0.15) is 0 Å². The van der Waals surface area contributed by atoms with Crippen LogP contribution in [-0.2, 0) is 6.42 Å². The van der Waals surface area contributed by atoms with Gasteiger partial charge in [-0.3, -0.25) is 9.98 Å². The van der Waals surface area contributed by atoms with Crippen molar-refractivity contribution in [3.05, 3.63) is 54.4 Å². The van der Waals surface area contributed by atoms with Crippen molar-refractivity contribution in [1.82, 2.24) is 4.98 Å². The van der Waals surface area contributed by atoms with Crippen molar-refractivity contribution >= 4 is 11.6 Å². The Balaban J connectivity index is 1.97. The molecule has 0 radical (unpaired) electrons. The lowest BCUT2D eigenvalue weighted by atomic mass is 10.3. The lowest BCUT2D eigenvalue weighted by Gasteiger charge is -2.14. The number of nitrogens with two attached hydrogens (primary N) is 1. The molecular weight excluding hydrogens is 309 g/mol. The molecule has 122 valence electrons. The zero-order valence-corrected chi connectivity index (χ0v) is 12.0. The molecule has 3 N–H and O–H groups in total. The number of nitrogens with one attached hydrogen (secondary N) is 1. The molecule has 1 heterocycles. The summed E-state index contributed by atoms with van der Waals surface area (Å²) in [5.74, 6) is -0.373. The van der Waals surface area contributed by atoms with Crippen molar-refractivity contribution in [3.63, 3.8) is 0 Å². The summed E-state index contributed by atoms with van der Waals surface area (Å²) in [5, 5.41) is 2.60. The van der Waals surface area contributed by atoms with Gasteiger partial charge in [-0.1, -0.05) is 18.2 Å². The Morgan fingerprint density at radius 1 is 1.17 bits per heavy atom. The molecule has 0 saturated carbocycles. The summed E-state index contributed by atoms with van der Waals surface area (Å²) in [7, 11) is 0. The molecule has 0 unspecified atom stereocenters. The number of aromatic nitrogens is 1.